The summed E-state index contributed by atoms with van der Waals surface area (Å²) < 4.78 is 0. The van der Waals surface area contributed by atoms with Crippen molar-refractivity contribution in [3.05, 3.63) is 29.3 Å². The van der Waals surface area contributed by atoms with Gasteiger partial charge in [-0.2, -0.15) is 0 Å². The molecule has 1 aliphatic rings. The monoisotopic (exact) mass is 245 g/mol. The Hall–Kier alpha value is -1.64. The number of Topliss-reactive ketones (excluding diaryl/α,β-unsaturated/α-hetero) is 1. The zero-order valence-corrected chi connectivity index (χ0v) is 11.0. The lowest BCUT2D eigenvalue weighted by atomic mass is 10.0. The number of rotatable bonds is 3. The van der Waals surface area contributed by atoms with Crippen molar-refractivity contribution < 1.29 is 9.59 Å². The Morgan fingerprint density at radius 3 is 2.50 bits per heavy atom. The third-order valence-electron chi connectivity index (χ3n) is 3.63. The molecule has 0 bridgehead atoms. The Morgan fingerprint density at radius 1 is 1.22 bits per heavy atom. The number of nitrogens with one attached hydrogen (secondary N) is 1. The third kappa shape index (κ3) is 2.78. The van der Waals surface area contributed by atoms with Crippen LogP contribution in [0.15, 0.2) is 18.2 Å². The highest BCUT2D eigenvalue weighted by Gasteiger charge is 2.23. The number of carbonyl (C=O) groups is 2. The van der Waals surface area contributed by atoms with E-state index in [1.54, 1.807) is 12.1 Å². The van der Waals surface area contributed by atoms with E-state index >= 15 is 0 Å². The Bertz CT molecular complexity index is 473. The second-order valence-electron chi connectivity index (χ2n) is 5.06. The zero-order valence-electron chi connectivity index (χ0n) is 11.0. The van der Waals surface area contributed by atoms with Crippen LogP contribution in [0.25, 0.3) is 0 Å². The fraction of sp³-hybridized carbons (Fsp3) is 0.467. The van der Waals surface area contributed by atoms with E-state index in [0.717, 1.165) is 36.9 Å². The van der Waals surface area contributed by atoms with Crippen molar-refractivity contribution in [2.75, 3.05) is 5.32 Å². The van der Waals surface area contributed by atoms with E-state index in [0.29, 0.717) is 5.56 Å². The molecule has 1 aromatic rings. The van der Waals surface area contributed by atoms with E-state index in [2.05, 4.69) is 5.32 Å². The van der Waals surface area contributed by atoms with Gasteiger partial charge in [0.1, 0.15) is 0 Å². The number of aryl methyl sites for hydroxylation is 1. The Kier molecular flexibility index (Phi) is 3.80. The highest BCUT2D eigenvalue weighted by atomic mass is 16.2. The summed E-state index contributed by atoms with van der Waals surface area (Å²) in [5.41, 5.74) is 2.40. The van der Waals surface area contributed by atoms with Gasteiger partial charge in [-0.15, -0.1) is 0 Å². The van der Waals surface area contributed by atoms with Crippen LogP contribution in [0, 0.1) is 12.8 Å². The van der Waals surface area contributed by atoms with Gasteiger partial charge in [0, 0.05) is 17.2 Å². The summed E-state index contributed by atoms with van der Waals surface area (Å²) in [4.78, 5) is 23.4. The minimum Gasteiger partial charge on any atom is -0.326 e. The smallest absolute Gasteiger partial charge is 0.227 e. The molecule has 0 aliphatic heterocycles. The van der Waals surface area contributed by atoms with E-state index in [-0.39, 0.29) is 17.6 Å². The number of anilines is 1. The molecule has 1 N–H and O–H groups in total. The van der Waals surface area contributed by atoms with Crippen molar-refractivity contribution in [1.29, 1.82) is 0 Å². The van der Waals surface area contributed by atoms with Crippen molar-refractivity contribution in [2.45, 2.75) is 39.5 Å². The second kappa shape index (κ2) is 5.34. The first kappa shape index (κ1) is 12.8. The molecule has 1 amide bonds. The number of amides is 1. The van der Waals surface area contributed by atoms with Crippen LogP contribution in [0.3, 0.4) is 0 Å². The molecule has 0 unspecified atom stereocenters. The minimum atomic E-state index is 0.0198. The quantitative estimate of drug-likeness (QED) is 0.830. The molecule has 2 rings (SSSR count). The van der Waals surface area contributed by atoms with Crippen molar-refractivity contribution >= 4 is 17.4 Å². The van der Waals surface area contributed by atoms with Crippen molar-refractivity contribution in [3.8, 4) is 0 Å². The lowest BCUT2D eigenvalue weighted by molar-refractivity contribution is -0.119. The van der Waals surface area contributed by atoms with Gasteiger partial charge in [0.05, 0.1) is 0 Å². The highest BCUT2D eigenvalue weighted by molar-refractivity contribution is 5.98. The number of carbonyl (C=O) groups excluding carboxylic acids is 2. The normalized spacial score (nSPS) is 15.7. The van der Waals surface area contributed by atoms with Gasteiger partial charge < -0.3 is 5.32 Å². The van der Waals surface area contributed by atoms with E-state index in [4.69, 9.17) is 0 Å². The molecule has 1 fully saturated rings. The van der Waals surface area contributed by atoms with Crippen LogP contribution in [-0.2, 0) is 4.79 Å². The maximum absolute atomic E-state index is 12.1. The SMILES string of the molecule is CC(=O)c1ccc(C)c(NC(=O)C2CCCC2)c1. The molecule has 3 heteroatoms. The van der Waals surface area contributed by atoms with E-state index < -0.39 is 0 Å². The molecule has 1 aromatic carbocycles. The number of benzene rings is 1. The van der Waals surface area contributed by atoms with Crippen LogP contribution < -0.4 is 5.32 Å². The topological polar surface area (TPSA) is 46.2 Å². The predicted molar refractivity (Wildman–Crippen MR) is 71.8 cm³/mol. The number of hydrogen-bond acceptors (Lipinski definition) is 2. The molecule has 0 spiro atoms. The minimum absolute atomic E-state index is 0.0198. The summed E-state index contributed by atoms with van der Waals surface area (Å²) in [6.07, 6.45) is 4.25. The Balaban J connectivity index is 2.14. The standard InChI is InChI=1S/C15H19NO2/c1-10-7-8-13(11(2)17)9-14(10)16-15(18)12-5-3-4-6-12/h7-9,12H,3-6H2,1-2H3,(H,16,18). The first-order valence-corrected chi connectivity index (χ1v) is 6.50. The van der Waals surface area contributed by atoms with Gasteiger partial charge in [0.2, 0.25) is 5.91 Å². The maximum Gasteiger partial charge on any atom is 0.227 e. The first-order chi connectivity index (χ1) is 8.58. The number of hydrogen-bond donors (Lipinski definition) is 1. The van der Waals surface area contributed by atoms with Crippen LogP contribution in [0.2, 0.25) is 0 Å². The van der Waals surface area contributed by atoms with Gasteiger partial charge in [-0.25, -0.2) is 0 Å². The molecule has 0 heterocycles. The van der Waals surface area contributed by atoms with E-state index in [1.165, 1.54) is 6.92 Å². The zero-order chi connectivity index (χ0) is 13.1. The van der Waals surface area contributed by atoms with Crippen molar-refractivity contribution in [3.63, 3.8) is 0 Å². The van der Waals surface area contributed by atoms with E-state index in [9.17, 15) is 9.59 Å². The average molecular weight is 245 g/mol. The fourth-order valence-corrected chi connectivity index (χ4v) is 2.40. The van der Waals surface area contributed by atoms with Crippen LogP contribution in [0.1, 0.15) is 48.5 Å². The average Bonchev–Trinajstić information content (AvgIpc) is 2.85. The largest absolute Gasteiger partial charge is 0.326 e. The van der Waals surface area contributed by atoms with Gasteiger partial charge in [0.25, 0.3) is 0 Å². The molecule has 0 aromatic heterocycles. The van der Waals surface area contributed by atoms with Gasteiger partial charge in [-0.3, -0.25) is 9.59 Å². The highest BCUT2D eigenvalue weighted by Crippen LogP contribution is 2.27. The number of ketones is 1. The second-order valence-corrected chi connectivity index (χ2v) is 5.06. The van der Waals surface area contributed by atoms with Crippen molar-refractivity contribution in [2.24, 2.45) is 5.92 Å². The van der Waals surface area contributed by atoms with Crippen LogP contribution in [0.4, 0.5) is 5.69 Å². The lowest BCUT2D eigenvalue weighted by Crippen LogP contribution is -2.21. The van der Waals surface area contributed by atoms with Crippen molar-refractivity contribution in [1.82, 2.24) is 0 Å². The summed E-state index contributed by atoms with van der Waals surface area (Å²) >= 11 is 0. The Morgan fingerprint density at radius 2 is 1.89 bits per heavy atom. The molecule has 0 saturated heterocycles. The third-order valence-corrected chi connectivity index (χ3v) is 3.63. The molecule has 96 valence electrons. The molecular formula is C15H19NO2. The van der Waals surface area contributed by atoms with Gasteiger partial charge in [0.15, 0.2) is 5.78 Å². The molecular weight excluding hydrogens is 226 g/mol. The molecule has 0 radical (unpaired) electrons. The van der Waals surface area contributed by atoms with Gasteiger partial charge in [-0.1, -0.05) is 25.0 Å². The summed E-state index contributed by atoms with van der Waals surface area (Å²) in [5.74, 6) is 0.257. The molecule has 18 heavy (non-hydrogen) atoms. The summed E-state index contributed by atoms with van der Waals surface area (Å²) in [6, 6.07) is 5.44. The van der Waals surface area contributed by atoms with Gasteiger partial charge in [-0.05, 0) is 38.3 Å². The summed E-state index contributed by atoms with van der Waals surface area (Å²) in [7, 11) is 0. The van der Waals surface area contributed by atoms with Crippen LogP contribution >= 0.6 is 0 Å². The molecule has 1 aliphatic carbocycles. The first-order valence-electron chi connectivity index (χ1n) is 6.50. The summed E-state index contributed by atoms with van der Waals surface area (Å²) in [6.45, 7) is 3.47. The summed E-state index contributed by atoms with van der Waals surface area (Å²) in [5, 5.41) is 2.96. The molecule has 3 nitrogen and oxygen atoms in total. The molecule has 1 saturated carbocycles. The Labute approximate surface area is 108 Å². The van der Waals surface area contributed by atoms with Gasteiger partial charge >= 0.3 is 0 Å². The van der Waals surface area contributed by atoms with Crippen LogP contribution in [-0.4, -0.2) is 11.7 Å². The predicted octanol–water partition coefficient (Wildman–Crippen LogP) is 3.33. The fourth-order valence-electron chi connectivity index (χ4n) is 2.40. The molecule has 0 atom stereocenters. The van der Waals surface area contributed by atoms with Crippen LogP contribution in [0.5, 0.6) is 0 Å². The maximum atomic E-state index is 12.1. The lowest BCUT2D eigenvalue weighted by Gasteiger charge is -2.13. The van der Waals surface area contributed by atoms with E-state index in [1.807, 2.05) is 13.0 Å².